The summed E-state index contributed by atoms with van der Waals surface area (Å²) in [6.45, 7) is 1.75. The van der Waals surface area contributed by atoms with E-state index in [9.17, 15) is 14.9 Å². The van der Waals surface area contributed by atoms with Crippen LogP contribution in [0.1, 0.15) is 6.92 Å². The van der Waals surface area contributed by atoms with E-state index in [0.717, 1.165) is 10.6 Å². The molecule has 24 heavy (non-hydrogen) atoms. The smallest absolute Gasteiger partial charge is 0.271 e. The van der Waals surface area contributed by atoms with Gasteiger partial charge in [0.15, 0.2) is 0 Å². The Morgan fingerprint density at radius 1 is 1.29 bits per heavy atom. The minimum Gasteiger partial charge on any atom is -0.497 e. The molecule has 0 aromatic heterocycles. The zero-order valence-electron chi connectivity index (χ0n) is 13.0. The Kier molecular flexibility index (Phi) is 6.05. The van der Waals surface area contributed by atoms with Crippen molar-refractivity contribution < 1.29 is 14.5 Å². The monoisotopic (exact) mass is 366 g/mol. The van der Waals surface area contributed by atoms with Crippen LogP contribution in [0.25, 0.3) is 0 Å². The van der Waals surface area contributed by atoms with E-state index in [4.69, 9.17) is 16.3 Å². The number of ether oxygens (including phenoxy) is 1. The third-order valence-electron chi connectivity index (χ3n) is 3.16. The molecule has 8 heteroatoms. The number of rotatable bonds is 6. The van der Waals surface area contributed by atoms with E-state index in [1.54, 1.807) is 14.0 Å². The van der Waals surface area contributed by atoms with Crippen molar-refractivity contribution >= 4 is 40.6 Å². The molecule has 0 saturated heterocycles. The zero-order valence-corrected chi connectivity index (χ0v) is 14.6. The van der Waals surface area contributed by atoms with Crippen molar-refractivity contribution in [2.24, 2.45) is 0 Å². The van der Waals surface area contributed by atoms with Crippen molar-refractivity contribution in [3.8, 4) is 5.75 Å². The molecule has 0 heterocycles. The first-order valence-electron chi connectivity index (χ1n) is 6.96. The second kappa shape index (κ2) is 8.03. The highest BCUT2D eigenvalue weighted by atomic mass is 35.5. The first kappa shape index (κ1) is 18.1. The van der Waals surface area contributed by atoms with Crippen molar-refractivity contribution in [1.82, 2.24) is 0 Å². The van der Waals surface area contributed by atoms with Crippen molar-refractivity contribution in [3.05, 3.63) is 57.6 Å². The second-order valence-electron chi connectivity index (χ2n) is 4.85. The summed E-state index contributed by atoms with van der Waals surface area (Å²) in [5, 5.41) is 13.3. The van der Waals surface area contributed by atoms with Gasteiger partial charge in [-0.1, -0.05) is 11.6 Å². The first-order chi connectivity index (χ1) is 11.4. The van der Waals surface area contributed by atoms with Crippen LogP contribution in [0.2, 0.25) is 5.02 Å². The molecule has 2 aromatic rings. The van der Waals surface area contributed by atoms with E-state index < -0.39 is 10.2 Å². The number of hydrogen-bond acceptors (Lipinski definition) is 5. The summed E-state index contributed by atoms with van der Waals surface area (Å²) in [4.78, 5) is 23.5. The van der Waals surface area contributed by atoms with Gasteiger partial charge in [0.25, 0.3) is 5.69 Å². The molecule has 0 radical (unpaired) electrons. The number of carbonyl (C=O) groups excluding carboxylic acids is 1. The third-order valence-corrected chi connectivity index (χ3v) is 4.60. The van der Waals surface area contributed by atoms with Crippen LogP contribution in [0, 0.1) is 10.1 Å². The Balaban J connectivity index is 2.05. The van der Waals surface area contributed by atoms with Gasteiger partial charge in [-0.25, -0.2) is 0 Å². The summed E-state index contributed by atoms with van der Waals surface area (Å²) in [6, 6.07) is 11.2. The molecule has 126 valence electrons. The van der Waals surface area contributed by atoms with Crippen LogP contribution in [0.4, 0.5) is 11.4 Å². The Labute approximate surface area is 148 Å². The minimum absolute atomic E-state index is 0.134. The molecule has 2 aromatic carbocycles. The highest BCUT2D eigenvalue weighted by molar-refractivity contribution is 8.00. The van der Waals surface area contributed by atoms with E-state index in [1.807, 2.05) is 24.3 Å². The molecular weight excluding hydrogens is 352 g/mol. The van der Waals surface area contributed by atoms with Crippen molar-refractivity contribution in [2.45, 2.75) is 17.1 Å². The third kappa shape index (κ3) is 4.62. The number of halogens is 1. The lowest BCUT2D eigenvalue weighted by Gasteiger charge is -2.13. The fraction of sp³-hybridized carbons (Fsp3) is 0.188. The number of methoxy groups -OCH3 is 1. The quantitative estimate of drug-likeness (QED) is 0.466. The fourth-order valence-corrected chi connectivity index (χ4v) is 2.90. The zero-order chi connectivity index (χ0) is 17.7. The summed E-state index contributed by atoms with van der Waals surface area (Å²) in [7, 11) is 1.58. The van der Waals surface area contributed by atoms with Crippen LogP contribution < -0.4 is 10.1 Å². The summed E-state index contributed by atoms with van der Waals surface area (Å²) in [5.74, 6) is 0.443. The molecule has 0 bridgehead atoms. The van der Waals surface area contributed by atoms with E-state index in [-0.39, 0.29) is 22.3 Å². The molecule has 1 N–H and O–H groups in total. The lowest BCUT2D eigenvalue weighted by atomic mass is 10.2. The number of carbonyl (C=O) groups is 1. The number of nitrogens with zero attached hydrogens (tertiary/aromatic N) is 1. The number of hydrogen-bond donors (Lipinski definition) is 1. The number of amides is 1. The van der Waals surface area contributed by atoms with Gasteiger partial charge >= 0.3 is 0 Å². The molecule has 2 rings (SSSR count). The molecule has 0 spiro atoms. The van der Waals surface area contributed by atoms with Crippen LogP contribution in [-0.2, 0) is 4.79 Å². The number of benzene rings is 2. The van der Waals surface area contributed by atoms with Gasteiger partial charge in [0.2, 0.25) is 5.91 Å². The van der Waals surface area contributed by atoms with Crippen LogP contribution in [0.15, 0.2) is 47.4 Å². The number of anilines is 1. The van der Waals surface area contributed by atoms with Gasteiger partial charge in [0.1, 0.15) is 5.75 Å². The van der Waals surface area contributed by atoms with Crippen molar-refractivity contribution in [1.29, 1.82) is 0 Å². The maximum absolute atomic E-state index is 12.3. The Bertz CT molecular complexity index is 752. The molecular formula is C16H15ClN2O4S. The molecule has 6 nitrogen and oxygen atoms in total. The van der Waals surface area contributed by atoms with Crippen LogP contribution in [-0.4, -0.2) is 23.2 Å². The van der Waals surface area contributed by atoms with E-state index in [1.165, 1.54) is 30.0 Å². The van der Waals surface area contributed by atoms with Gasteiger partial charge in [-0.2, -0.15) is 0 Å². The standard InChI is InChI=1S/C16H15ClN2O4S/c1-10(24-13-6-4-12(23-2)5-7-13)16(20)18-15-9-11(19(21)22)3-8-14(15)17/h3-10H,1-2H3,(H,18,20)/t10-/m1/s1. The molecule has 0 aliphatic rings. The molecule has 0 aliphatic carbocycles. The molecule has 0 saturated carbocycles. The minimum atomic E-state index is -0.540. The number of nitro benzene ring substituents is 1. The molecule has 1 amide bonds. The van der Waals surface area contributed by atoms with E-state index in [0.29, 0.717) is 0 Å². The number of thioether (sulfide) groups is 1. The van der Waals surface area contributed by atoms with E-state index >= 15 is 0 Å². The molecule has 0 fully saturated rings. The fourth-order valence-electron chi connectivity index (χ4n) is 1.87. The Hall–Kier alpha value is -2.25. The molecule has 1 atom stereocenters. The maximum atomic E-state index is 12.3. The van der Waals surface area contributed by atoms with Gasteiger partial charge in [0.05, 0.1) is 28.0 Å². The van der Waals surface area contributed by atoms with Gasteiger partial charge < -0.3 is 10.1 Å². The first-order valence-corrected chi connectivity index (χ1v) is 8.22. The summed E-state index contributed by atoms with van der Waals surface area (Å²) >= 11 is 7.35. The number of nitro groups is 1. The highest BCUT2D eigenvalue weighted by Gasteiger charge is 2.17. The van der Waals surface area contributed by atoms with Gasteiger partial charge in [-0.3, -0.25) is 14.9 Å². The molecule has 0 aliphatic heterocycles. The summed E-state index contributed by atoms with van der Waals surface area (Å²) < 4.78 is 5.09. The van der Waals surface area contributed by atoms with Gasteiger partial charge in [-0.15, -0.1) is 11.8 Å². The average Bonchev–Trinajstić information content (AvgIpc) is 2.57. The highest BCUT2D eigenvalue weighted by Crippen LogP contribution is 2.29. The van der Waals surface area contributed by atoms with E-state index in [2.05, 4.69) is 5.32 Å². The Morgan fingerprint density at radius 3 is 2.54 bits per heavy atom. The van der Waals surface area contributed by atoms with Crippen molar-refractivity contribution in [3.63, 3.8) is 0 Å². The van der Waals surface area contributed by atoms with Crippen LogP contribution >= 0.6 is 23.4 Å². The number of nitrogens with one attached hydrogen (secondary N) is 1. The largest absolute Gasteiger partial charge is 0.497 e. The predicted octanol–water partition coefficient (Wildman–Crippen LogP) is 4.38. The normalized spacial score (nSPS) is 11.6. The molecule has 0 unspecified atom stereocenters. The topological polar surface area (TPSA) is 81.5 Å². The van der Waals surface area contributed by atoms with Gasteiger partial charge in [0, 0.05) is 17.0 Å². The lowest BCUT2D eigenvalue weighted by Crippen LogP contribution is -2.22. The second-order valence-corrected chi connectivity index (χ2v) is 6.67. The van der Waals surface area contributed by atoms with Gasteiger partial charge in [-0.05, 0) is 37.3 Å². The lowest BCUT2D eigenvalue weighted by molar-refractivity contribution is -0.384. The number of non-ortho nitro benzene ring substituents is 1. The summed E-state index contributed by atoms with van der Waals surface area (Å²) in [5.41, 5.74) is 0.0863. The predicted molar refractivity (Wildman–Crippen MR) is 95.0 cm³/mol. The SMILES string of the molecule is COc1ccc(S[C@H](C)C(=O)Nc2cc([N+](=O)[O-])ccc2Cl)cc1. The van der Waals surface area contributed by atoms with Crippen LogP contribution in [0.3, 0.4) is 0 Å². The average molecular weight is 367 g/mol. The van der Waals surface area contributed by atoms with Crippen LogP contribution in [0.5, 0.6) is 5.75 Å². The van der Waals surface area contributed by atoms with Crippen molar-refractivity contribution in [2.75, 3.05) is 12.4 Å². The Morgan fingerprint density at radius 2 is 1.96 bits per heavy atom. The summed E-state index contributed by atoms with van der Waals surface area (Å²) in [6.07, 6.45) is 0. The maximum Gasteiger partial charge on any atom is 0.271 e.